The highest BCUT2D eigenvalue weighted by molar-refractivity contribution is 6.32. The lowest BCUT2D eigenvalue weighted by Gasteiger charge is -2.14. The van der Waals surface area contributed by atoms with Gasteiger partial charge >= 0.3 is 0 Å². The SMILES string of the molecule is O=c1c2ccccc2nc(-c2ccc3oc4ccc(-c5ccc6c(c5)c5c7ccccc7c7ccccc7c5n6-c5ccccc5)cc4c3c2)n1-c1ccccc1.O=c1c2ccccc2nc(-c2ccc3oc4ccc(-c5ccc6c(c5)c5cc(-c7ccc8c(c7)c7ccccc7n8-c7ccccc7)ccc5n6-c5ccccc5)cc4c3c2)n1-c1ccccc1. The minimum Gasteiger partial charge on any atom is -0.456 e. The van der Waals surface area contributed by atoms with Gasteiger partial charge in [-0.1, -0.05) is 218 Å². The summed E-state index contributed by atoms with van der Waals surface area (Å²) in [5, 5.41) is 17.3. The fourth-order valence-electron chi connectivity index (χ4n) is 19.4. The second kappa shape index (κ2) is 28.3. The Kier molecular flexibility index (Phi) is 16.1. The van der Waals surface area contributed by atoms with Crippen LogP contribution in [0.15, 0.2) is 437 Å². The Morgan fingerprint density at radius 2 is 0.448 bits per heavy atom. The van der Waals surface area contributed by atoms with Gasteiger partial charge < -0.3 is 22.5 Å². The van der Waals surface area contributed by atoms with E-state index in [1.54, 1.807) is 9.13 Å². The van der Waals surface area contributed by atoms with Gasteiger partial charge in [-0.25, -0.2) is 9.97 Å². The third-order valence-corrected chi connectivity index (χ3v) is 25.2. The quantitative estimate of drug-likeness (QED) is 0.126. The molecule has 0 bridgehead atoms. The molecule has 7 aromatic heterocycles. The lowest BCUT2D eigenvalue weighted by molar-refractivity contribution is 0.668. The minimum absolute atomic E-state index is 0.106. The summed E-state index contributed by atoms with van der Waals surface area (Å²) in [5.74, 6) is 1.16. The van der Waals surface area contributed by atoms with Crippen LogP contribution in [0.25, 0.3) is 237 Å². The van der Waals surface area contributed by atoms with Crippen LogP contribution in [-0.2, 0) is 0 Å². The molecule has 0 atom stereocenters. The predicted molar refractivity (Wildman–Crippen MR) is 514 cm³/mol. The number of para-hydroxylation sites is 8. The average molecular weight is 1600 g/mol. The molecule has 584 valence electrons. The molecule has 125 heavy (non-hydrogen) atoms. The van der Waals surface area contributed by atoms with Gasteiger partial charge in [0.1, 0.15) is 34.0 Å². The van der Waals surface area contributed by atoms with Crippen molar-refractivity contribution in [1.29, 1.82) is 0 Å². The predicted octanol–water partition coefficient (Wildman–Crippen LogP) is 28.5. The number of aromatic nitrogens is 7. The normalized spacial score (nSPS) is 11.9. The molecule has 11 heteroatoms. The van der Waals surface area contributed by atoms with E-state index >= 15 is 0 Å². The summed E-state index contributed by atoms with van der Waals surface area (Å²) in [5.41, 5.74) is 24.6. The van der Waals surface area contributed by atoms with Crippen molar-refractivity contribution in [2.75, 3.05) is 0 Å². The number of rotatable bonds is 10. The van der Waals surface area contributed by atoms with Gasteiger partial charge in [0.2, 0.25) is 0 Å². The number of hydrogen-bond acceptors (Lipinski definition) is 6. The lowest BCUT2D eigenvalue weighted by Crippen LogP contribution is -2.21. The Hall–Kier alpha value is -17.0. The Labute approximate surface area is 713 Å². The molecule has 0 saturated heterocycles. The molecule has 26 rings (SSSR count). The van der Waals surface area contributed by atoms with Gasteiger partial charge in [-0.15, -0.1) is 0 Å². The van der Waals surface area contributed by atoms with Gasteiger partial charge in [-0.3, -0.25) is 18.7 Å². The lowest BCUT2D eigenvalue weighted by atomic mass is 9.95. The van der Waals surface area contributed by atoms with E-state index in [-0.39, 0.29) is 11.1 Å². The Bertz CT molecular complexity index is 9090. The minimum atomic E-state index is -0.111. The molecule has 26 aromatic rings. The molecule has 0 spiro atoms. The van der Waals surface area contributed by atoms with Crippen LogP contribution >= 0.6 is 0 Å². The molecule has 0 N–H and O–H groups in total. The van der Waals surface area contributed by atoms with E-state index in [2.05, 4.69) is 299 Å². The Morgan fingerprint density at radius 3 is 0.856 bits per heavy atom. The molecular formula is C114H69N7O4. The summed E-state index contributed by atoms with van der Waals surface area (Å²) < 4.78 is 23.5. The van der Waals surface area contributed by atoms with Crippen LogP contribution in [0.1, 0.15) is 0 Å². The van der Waals surface area contributed by atoms with Crippen molar-refractivity contribution >= 4 is 153 Å². The van der Waals surface area contributed by atoms with E-state index in [4.69, 9.17) is 18.8 Å². The maximum absolute atomic E-state index is 14.1. The van der Waals surface area contributed by atoms with Crippen molar-refractivity contribution in [1.82, 2.24) is 32.8 Å². The van der Waals surface area contributed by atoms with E-state index in [0.717, 1.165) is 128 Å². The topological polar surface area (TPSA) is 111 Å². The first-order valence-electron chi connectivity index (χ1n) is 42.1. The standard InChI is InChI=1S/C62H38N4O2.C52H31N3O2/c67-62-48-21-10-12-22-54(48)63-61(66(62)46-18-8-3-9-19-46)43-28-33-60-53(38-43)52-37-42(27-32-59(52)68-60)41-26-31-58-51(36-41)50-35-40(25-30-57(50)65(58)45-16-6-2-7-17-45)39-24-29-56-49(34-39)47-20-11-13-23-55(47)64(56)44-14-4-1-5-15-44;56-52-41-21-11-12-22-45(41)53-51(55(52)36-15-5-2-6-16-36)34-25-28-48-43(31-34)42-29-33(24-27-47(42)57-48)32-23-26-46-44(30-32)49-39-19-9-7-17-37(39)38-18-8-10-20-40(38)50(49)54(46)35-13-3-1-4-14-35/h1-38H;1-31H. The van der Waals surface area contributed by atoms with Gasteiger partial charge in [-0.2, -0.15) is 0 Å². The van der Waals surface area contributed by atoms with Crippen molar-refractivity contribution in [3.8, 4) is 84.6 Å². The summed E-state index contributed by atoms with van der Waals surface area (Å²) in [7, 11) is 0. The van der Waals surface area contributed by atoms with Crippen molar-refractivity contribution in [3.05, 3.63) is 439 Å². The second-order valence-electron chi connectivity index (χ2n) is 32.2. The first-order chi connectivity index (χ1) is 61.8. The summed E-state index contributed by atoms with van der Waals surface area (Å²) in [6, 6.07) is 145. The molecule has 0 aliphatic carbocycles. The summed E-state index contributed by atoms with van der Waals surface area (Å²) >= 11 is 0. The number of fused-ring (bicyclic) bond motifs is 22. The Morgan fingerprint density at radius 1 is 0.184 bits per heavy atom. The van der Waals surface area contributed by atoms with Crippen LogP contribution in [0, 0.1) is 0 Å². The van der Waals surface area contributed by atoms with E-state index in [9.17, 15) is 9.59 Å². The fraction of sp³-hybridized carbons (Fsp3) is 0. The van der Waals surface area contributed by atoms with Crippen LogP contribution in [0.4, 0.5) is 0 Å². The zero-order valence-corrected chi connectivity index (χ0v) is 67.1. The van der Waals surface area contributed by atoms with Gasteiger partial charge in [-0.05, 0) is 250 Å². The smallest absolute Gasteiger partial charge is 0.266 e. The highest BCUT2D eigenvalue weighted by Gasteiger charge is 2.25. The first kappa shape index (κ1) is 70.9. The molecule has 0 aliphatic heterocycles. The van der Waals surface area contributed by atoms with Crippen LogP contribution in [0.2, 0.25) is 0 Å². The van der Waals surface area contributed by atoms with Gasteiger partial charge in [0.05, 0.1) is 66.3 Å². The van der Waals surface area contributed by atoms with Gasteiger partial charge in [0, 0.05) is 87.4 Å². The molecule has 7 heterocycles. The largest absolute Gasteiger partial charge is 0.456 e. The molecule has 11 nitrogen and oxygen atoms in total. The maximum Gasteiger partial charge on any atom is 0.266 e. The van der Waals surface area contributed by atoms with E-state index < -0.39 is 0 Å². The summed E-state index contributed by atoms with van der Waals surface area (Å²) in [6.45, 7) is 0. The molecule has 0 amide bonds. The van der Waals surface area contributed by atoms with Crippen molar-refractivity contribution in [3.63, 3.8) is 0 Å². The van der Waals surface area contributed by atoms with E-state index in [1.807, 2.05) is 133 Å². The molecular weight excluding hydrogens is 1530 g/mol. The number of benzene rings is 19. The molecule has 0 radical (unpaired) electrons. The van der Waals surface area contributed by atoms with Crippen molar-refractivity contribution < 1.29 is 8.83 Å². The number of furan rings is 2. The molecule has 0 fully saturated rings. The van der Waals surface area contributed by atoms with E-state index in [0.29, 0.717) is 33.5 Å². The van der Waals surface area contributed by atoms with Crippen LogP contribution < -0.4 is 11.1 Å². The number of nitrogens with zero attached hydrogens (tertiary/aromatic N) is 7. The van der Waals surface area contributed by atoms with Crippen LogP contribution in [0.3, 0.4) is 0 Å². The van der Waals surface area contributed by atoms with Gasteiger partial charge in [0.15, 0.2) is 0 Å². The van der Waals surface area contributed by atoms with Crippen molar-refractivity contribution in [2.45, 2.75) is 0 Å². The monoisotopic (exact) mass is 1600 g/mol. The third-order valence-electron chi connectivity index (χ3n) is 25.2. The van der Waals surface area contributed by atoms with E-state index in [1.165, 1.54) is 76.0 Å². The van der Waals surface area contributed by atoms with Crippen LogP contribution in [0.5, 0.6) is 0 Å². The summed E-state index contributed by atoms with van der Waals surface area (Å²) in [6.07, 6.45) is 0. The average Bonchev–Trinajstić information content (AvgIpc) is 1.56. The number of hydrogen-bond donors (Lipinski definition) is 0. The fourth-order valence-corrected chi connectivity index (χ4v) is 19.4. The molecule has 0 unspecified atom stereocenters. The zero-order chi connectivity index (χ0) is 82.5. The first-order valence-corrected chi connectivity index (χ1v) is 42.1. The zero-order valence-electron chi connectivity index (χ0n) is 67.1. The van der Waals surface area contributed by atoms with Crippen molar-refractivity contribution in [2.24, 2.45) is 0 Å². The van der Waals surface area contributed by atoms with Crippen LogP contribution in [-0.4, -0.2) is 32.8 Å². The Balaban J connectivity index is 0.000000139. The molecule has 0 aliphatic rings. The highest BCUT2D eigenvalue weighted by Crippen LogP contribution is 2.47. The van der Waals surface area contributed by atoms with Gasteiger partial charge in [0.25, 0.3) is 11.1 Å². The second-order valence-corrected chi connectivity index (χ2v) is 32.2. The summed E-state index contributed by atoms with van der Waals surface area (Å²) in [4.78, 5) is 38.3. The third kappa shape index (κ3) is 11.4. The molecule has 19 aromatic carbocycles. The maximum atomic E-state index is 14.1. The highest BCUT2D eigenvalue weighted by atomic mass is 16.3. The molecule has 0 saturated carbocycles.